The molecule has 0 bridgehead atoms. The Balaban J connectivity index is 1.62. The number of aromatic nitrogens is 1. The van der Waals surface area contributed by atoms with E-state index in [0.717, 1.165) is 32.0 Å². The SMILES string of the molecule is CN(C)C1CCC2C(C1)OCCN2CC(O)c1ccc(F)cn1. The zero-order valence-electron chi connectivity index (χ0n) is 13.9. The van der Waals surface area contributed by atoms with Crippen LogP contribution in [0.15, 0.2) is 18.3 Å². The molecule has 1 aliphatic heterocycles. The third-order valence-electron chi connectivity index (χ3n) is 5.14. The van der Waals surface area contributed by atoms with Gasteiger partial charge in [0.1, 0.15) is 11.9 Å². The van der Waals surface area contributed by atoms with Crippen molar-refractivity contribution in [2.75, 3.05) is 33.8 Å². The molecule has 5 nitrogen and oxygen atoms in total. The fourth-order valence-electron chi connectivity index (χ4n) is 3.77. The first kappa shape index (κ1) is 16.8. The van der Waals surface area contributed by atoms with Crippen molar-refractivity contribution >= 4 is 0 Å². The summed E-state index contributed by atoms with van der Waals surface area (Å²) in [7, 11) is 4.24. The van der Waals surface area contributed by atoms with Crippen molar-refractivity contribution in [1.82, 2.24) is 14.8 Å². The second-order valence-corrected chi connectivity index (χ2v) is 6.82. The van der Waals surface area contributed by atoms with Gasteiger partial charge in [0.25, 0.3) is 0 Å². The molecule has 4 unspecified atom stereocenters. The van der Waals surface area contributed by atoms with Crippen LogP contribution in [0.4, 0.5) is 4.39 Å². The van der Waals surface area contributed by atoms with Crippen LogP contribution in [0.2, 0.25) is 0 Å². The Bertz CT molecular complexity index is 511. The molecule has 3 rings (SSSR count). The van der Waals surface area contributed by atoms with E-state index in [4.69, 9.17) is 4.74 Å². The third-order valence-corrected chi connectivity index (χ3v) is 5.14. The van der Waals surface area contributed by atoms with Gasteiger partial charge in [0.05, 0.1) is 24.6 Å². The molecule has 1 aromatic rings. The summed E-state index contributed by atoms with van der Waals surface area (Å²) in [6.07, 6.45) is 3.97. The van der Waals surface area contributed by atoms with Gasteiger partial charge in [-0.1, -0.05) is 0 Å². The van der Waals surface area contributed by atoms with Crippen LogP contribution in [-0.4, -0.2) is 71.9 Å². The number of pyridine rings is 1. The van der Waals surface area contributed by atoms with Crippen LogP contribution in [0.3, 0.4) is 0 Å². The fraction of sp³-hybridized carbons (Fsp3) is 0.706. The fourth-order valence-corrected chi connectivity index (χ4v) is 3.77. The number of morpholine rings is 1. The van der Waals surface area contributed by atoms with E-state index >= 15 is 0 Å². The average Bonchev–Trinajstić information content (AvgIpc) is 2.55. The largest absolute Gasteiger partial charge is 0.385 e. The van der Waals surface area contributed by atoms with Crippen molar-refractivity contribution in [1.29, 1.82) is 0 Å². The number of aliphatic hydroxyl groups is 1. The molecule has 0 aromatic carbocycles. The van der Waals surface area contributed by atoms with Crippen molar-refractivity contribution in [3.8, 4) is 0 Å². The second-order valence-electron chi connectivity index (χ2n) is 6.82. The van der Waals surface area contributed by atoms with Crippen LogP contribution >= 0.6 is 0 Å². The average molecular weight is 323 g/mol. The normalized spacial score (nSPS) is 30.2. The molecule has 1 saturated heterocycles. The van der Waals surface area contributed by atoms with Crippen LogP contribution in [0.1, 0.15) is 31.1 Å². The summed E-state index contributed by atoms with van der Waals surface area (Å²) < 4.78 is 18.9. The molecule has 1 aromatic heterocycles. The predicted octanol–water partition coefficient (Wildman–Crippen LogP) is 1.44. The summed E-state index contributed by atoms with van der Waals surface area (Å²) >= 11 is 0. The maximum atomic E-state index is 13.0. The zero-order chi connectivity index (χ0) is 16.4. The Morgan fingerprint density at radius 2 is 2.26 bits per heavy atom. The number of aliphatic hydroxyl groups excluding tert-OH is 1. The molecule has 4 atom stereocenters. The highest BCUT2D eigenvalue weighted by molar-refractivity contribution is 5.09. The maximum Gasteiger partial charge on any atom is 0.141 e. The summed E-state index contributed by atoms with van der Waals surface area (Å²) in [4.78, 5) is 8.58. The number of hydrogen-bond donors (Lipinski definition) is 1. The van der Waals surface area contributed by atoms with Crippen molar-refractivity contribution in [3.63, 3.8) is 0 Å². The van der Waals surface area contributed by atoms with E-state index in [9.17, 15) is 9.50 Å². The minimum absolute atomic E-state index is 0.235. The van der Waals surface area contributed by atoms with Gasteiger partial charge in [-0.15, -0.1) is 0 Å². The molecule has 1 N–H and O–H groups in total. The third kappa shape index (κ3) is 3.88. The lowest BCUT2D eigenvalue weighted by molar-refractivity contribution is -0.109. The van der Waals surface area contributed by atoms with Crippen LogP contribution < -0.4 is 0 Å². The first-order chi connectivity index (χ1) is 11.0. The lowest BCUT2D eigenvalue weighted by Crippen LogP contribution is -2.56. The molecule has 1 saturated carbocycles. The van der Waals surface area contributed by atoms with Gasteiger partial charge in [-0.3, -0.25) is 9.88 Å². The Morgan fingerprint density at radius 3 is 2.96 bits per heavy atom. The van der Waals surface area contributed by atoms with Crippen molar-refractivity contribution in [2.24, 2.45) is 0 Å². The van der Waals surface area contributed by atoms with Crippen molar-refractivity contribution < 1.29 is 14.2 Å². The lowest BCUT2D eigenvalue weighted by atomic mass is 9.86. The predicted molar refractivity (Wildman–Crippen MR) is 85.6 cm³/mol. The monoisotopic (exact) mass is 323 g/mol. The number of β-amino-alcohol motifs (C(OH)–C–C–N with tert-alkyl or cyclic N) is 1. The van der Waals surface area contributed by atoms with E-state index in [-0.39, 0.29) is 11.9 Å². The van der Waals surface area contributed by atoms with Gasteiger partial charge >= 0.3 is 0 Å². The molecule has 2 aliphatic rings. The van der Waals surface area contributed by atoms with Gasteiger partial charge in [0.15, 0.2) is 0 Å². The summed E-state index contributed by atoms with van der Waals surface area (Å²) in [5.74, 6) is -0.380. The van der Waals surface area contributed by atoms with E-state index in [1.54, 1.807) is 6.07 Å². The summed E-state index contributed by atoms with van der Waals surface area (Å²) in [6.45, 7) is 2.05. The molecule has 0 spiro atoms. The minimum atomic E-state index is -0.694. The quantitative estimate of drug-likeness (QED) is 0.908. The first-order valence-corrected chi connectivity index (χ1v) is 8.36. The number of ether oxygens (including phenoxy) is 1. The van der Waals surface area contributed by atoms with Crippen LogP contribution in [-0.2, 0) is 4.74 Å². The molecule has 23 heavy (non-hydrogen) atoms. The molecular formula is C17H26FN3O2. The Morgan fingerprint density at radius 1 is 1.43 bits per heavy atom. The Hall–Kier alpha value is -1.08. The zero-order valence-corrected chi connectivity index (χ0v) is 13.9. The van der Waals surface area contributed by atoms with E-state index in [0.29, 0.717) is 30.9 Å². The topological polar surface area (TPSA) is 48.8 Å². The smallest absolute Gasteiger partial charge is 0.141 e. The molecule has 128 valence electrons. The van der Waals surface area contributed by atoms with Gasteiger partial charge in [0.2, 0.25) is 0 Å². The number of hydrogen-bond acceptors (Lipinski definition) is 5. The number of fused-ring (bicyclic) bond motifs is 1. The molecule has 0 radical (unpaired) electrons. The minimum Gasteiger partial charge on any atom is -0.385 e. The van der Waals surface area contributed by atoms with E-state index < -0.39 is 6.10 Å². The van der Waals surface area contributed by atoms with Crippen LogP contribution in [0.25, 0.3) is 0 Å². The molecule has 2 fully saturated rings. The van der Waals surface area contributed by atoms with Crippen LogP contribution in [0, 0.1) is 5.82 Å². The van der Waals surface area contributed by atoms with Crippen LogP contribution in [0.5, 0.6) is 0 Å². The Kier molecular flexibility index (Phi) is 5.26. The summed E-state index contributed by atoms with van der Waals surface area (Å²) in [5.41, 5.74) is 0.524. The molecule has 1 aliphatic carbocycles. The molecule has 0 amide bonds. The highest BCUT2D eigenvalue weighted by Crippen LogP contribution is 2.31. The van der Waals surface area contributed by atoms with E-state index in [1.165, 1.54) is 6.07 Å². The summed E-state index contributed by atoms with van der Waals surface area (Å²) in [5, 5.41) is 10.4. The molecule has 2 heterocycles. The van der Waals surface area contributed by atoms with Gasteiger partial charge < -0.3 is 14.7 Å². The van der Waals surface area contributed by atoms with Crippen molar-refractivity contribution in [2.45, 2.75) is 43.6 Å². The Labute approximate surface area is 137 Å². The second kappa shape index (κ2) is 7.21. The standard InChI is InChI=1S/C17H26FN3O2/c1-20(2)13-4-6-15-17(9-13)23-8-7-21(15)11-16(22)14-5-3-12(18)10-19-14/h3,5,10,13,15-17,22H,4,6-9,11H2,1-2H3. The highest BCUT2D eigenvalue weighted by Gasteiger charge is 2.38. The van der Waals surface area contributed by atoms with Gasteiger partial charge in [0, 0.05) is 25.2 Å². The number of rotatable bonds is 4. The van der Waals surface area contributed by atoms with Crippen molar-refractivity contribution in [3.05, 3.63) is 29.8 Å². The number of halogens is 1. The first-order valence-electron chi connectivity index (χ1n) is 8.36. The van der Waals surface area contributed by atoms with E-state index in [1.807, 2.05) is 0 Å². The molecular weight excluding hydrogens is 297 g/mol. The van der Waals surface area contributed by atoms with Gasteiger partial charge in [-0.05, 0) is 45.5 Å². The summed E-state index contributed by atoms with van der Waals surface area (Å²) in [6, 6.07) is 3.83. The maximum absolute atomic E-state index is 13.0. The van der Waals surface area contributed by atoms with Gasteiger partial charge in [-0.25, -0.2) is 4.39 Å². The van der Waals surface area contributed by atoms with Gasteiger partial charge in [-0.2, -0.15) is 0 Å². The lowest BCUT2D eigenvalue weighted by Gasteiger charge is -2.47. The number of nitrogens with zero attached hydrogens (tertiary/aromatic N) is 3. The molecule has 6 heteroatoms. The van der Waals surface area contributed by atoms with E-state index in [2.05, 4.69) is 28.9 Å². The highest BCUT2D eigenvalue weighted by atomic mass is 19.1.